The molecule has 0 aromatic carbocycles. The Balaban J connectivity index is 4.80. The number of allylic oxidation sites excluding steroid dienone is 2. The zero-order valence-corrected chi connectivity index (χ0v) is 14.7. The summed E-state index contributed by atoms with van der Waals surface area (Å²) in [6, 6.07) is 0. The van der Waals surface area contributed by atoms with Gasteiger partial charge in [0.05, 0.1) is 0 Å². The van der Waals surface area contributed by atoms with E-state index in [1.54, 1.807) is 0 Å². The van der Waals surface area contributed by atoms with E-state index in [2.05, 4.69) is 13.8 Å². The van der Waals surface area contributed by atoms with Crippen LogP contribution in [0.3, 0.4) is 0 Å². The Labute approximate surface area is 120 Å². The monoisotopic (exact) mass is 376 g/mol. The molecular weight excluding hydrogens is 351 g/mol. The van der Waals surface area contributed by atoms with Gasteiger partial charge >= 0.3 is 121 Å². The van der Waals surface area contributed by atoms with Gasteiger partial charge in [0.2, 0.25) is 0 Å². The molecule has 0 heterocycles. The van der Waals surface area contributed by atoms with E-state index in [1.807, 2.05) is 0 Å². The summed E-state index contributed by atoms with van der Waals surface area (Å²) in [6.07, 6.45) is 11.2. The maximum absolute atomic E-state index is 10.3. The molecule has 0 atom stereocenters. The minimum atomic E-state index is -3.23. The van der Waals surface area contributed by atoms with Crippen molar-refractivity contribution >= 4 is 31.8 Å². The molecule has 0 saturated carbocycles. The molecule has 19 heavy (non-hydrogen) atoms. The molecule has 0 bridgehead atoms. The van der Waals surface area contributed by atoms with E-state index in [9.17, 15) is 9.59 Å². The first-order valence-electron chi connectivity index (χ1n) is 6.81. The minimum absolute atomic E-state index is 0.692. The van der Waals surface area contributed by atoms with Crippen molar-refractivity contribution in [1.82, 2.24) is 0 Å². The van der Waals surface area contributed by atoms with E-state index in [0.717, 1.165) is 34.6 Å². The van der Waals surface area contributed by atoms with Gasteiger partial charge in [-0.1, -0.05) is 0 Å². The second-order valence-corrected chi connectivity index (χ2v) is 13.7. The molecule has 0 unspecified atom stereocenters. The fraction of sp³-hybridized carbons (Fsp3) is 0.571. The number of hydrogen-bond donors (Lipinski definition) is 0. The Morgan fingerprint density at radius 1 is 0.842 bits per heavy atom. The third-order valence-electron chi connectivity index (χ3n) is 2.70. The third kappa shape index (κ3) is 8.86. The van der Waals surface area contributed by atoms with Crippen LogP contribution in [0.15, 0.2) is 24.7 Å². The Morgan fingerprint density at radius 2 is 1.26 bits per heavy atom. The standard InChI is InChI=1S/2C4H9.2C3H4O2.Sn/c2*1-3-4-2;2*4-2-1-3-5;/h2*1,3-4H2,2H3;2*1-4H;/q;;;;+2/p-2/b;;2-1-;;. The van der Waals surface area contributed by atoms with Crippen LogP contribution in [0.4, 0.5) is 0 Å². The van der Waals surface area contributed by atoms with E-state index >= 15 is 0 Å². The fourth-order valence-electron chi connectivity index (χ4n) is 1.67. The second-order valence-electron chi connectivity index (χ2n) is 4.28. The van der Waals surface area contributed by atoms with Crippen molar-refractivity contribution in [1.29, 1.82) is 0 Å². The predicted molar refractivity (Wildman–Crippen MR) is 77.8 cm³/mol. The number of rotatable bonds is 12. The summed E-state index contributed by atoms with van der Waals surface area (Å²) in [4.78, 5) is 20.7. The molecule has 5 heteroatoms. The topological polar surface area (TPSA) is 52.6 Å². The summed E-state index contributed by atoms with van der Waals surface area (Å²) in [6.45, 7) is 4.25. The predicted octanol–water partition coefficient (Wildman–Crippen LogP) is 3.49. The molecule has 0 aliphatic heterocycles. The van der Waals surface area contributed by atoms with E-state index in [-0.39, 0.29) is 0 Å². The van der Waals surface area contributed by atoms with Crippen molar-refractivity contribution in [2.45, 2.75) is 48.4 Å². The van der Waals surface area contributed by atoms with Crippen LogP contribution >= 0.6 is 0 Å². The zero-order chi connectivity index (χ0) is 14.4. The van der Waals surface area contributed by atoms with Gasteiger partial charge in [-0.2, -0.15) is 0 Å². The first-order valence-corrected chi connectivity index (χ1v) is 13.2. The Kier molecular flexibility index (Phi) is 11.8. The summed E-state index contributed by atoms with van der Waals surface area (Å²) in [5.41, 5.74) is 0. The molecule has 0 N–H and O–H groups in total. The quantitative estimate of drug-likeness (QED) is 0.227. The SMILES string of the molecule is CCC[CH2][Sn]([CH2]CCC)([O]C=CC=O)[O]/C=C\C=O. The van der Waals surface area contributed by atoms with Crippen LogP contribution < -0.4 is 0 Å². The van der Waals surface area contributed by atoms with E-state index < -0.39 is 19.2 Å². The maximum atomic E-state index is 10.3. The van der Waals surface area contributed by atoms with Gasteiger partial charge in [0, 0.05) is 0 Å². The summed E-state index contributed by atoms with van der Waals surface area (Å²) >= 11 is -3.23. The van der Waals surface area contributed by atoms with Gasteiger partial charge in [-0.3, -0.25) is 0 Å². The molecule has 0 spiro atoms. The normalized spacial score (nSPS) is 11.9. The van der Waals surface area contributed by atoms with Crippen molar-refractivity contribution in [2.24, 2.45) is 0 Å². The summed E-state index contributed by atoms with van der Waals surface area (Å²) < 4.78 is 13.5. The van der Waals surface area contributed by atoms with E-state index in [4.69, 9.17) is 6.15 Å². The molecule has 0 aromatic heterocycles. The van der Waals surface area contributed by atoms with Gasteiger partial charge in [-0.25, -0.2) is 0 Å². The van der Waals surface area contributed by atoms with Gasteiger partial charge in [-0.15, -0.1) is 0 Å². The van der Waals surface area contributed by atoms with Crippen LogP contribution in [0.1, 0.15) is 39.5 Å². The summed E-state index contributed by atoms with van der Waals surface area (Å²) in [5.74, 6) is 0. The average molecular weight is 375 g/mol. The number of aldehydes is 2. The number of carbonyl (C=O) groups excluding carboxylic acids is 2. The molecule has 0 aromatic rings. The van der Waals surface area contributed by atoms with Gasteiger partial charge < -0.3 is 0 Å². The molecule has 0 radical (unpaired) electrons. The number of unbranched alkanes of at least 4 members (excludes halogenated alkanes) is 2. The van der Waals surface area contributed by atoms with Crippen LogP contribution in [0.25, 0.3) is 0 Å². The Morgan fingerprint density at radius 3 is 1.58 bits per heavy atom. The molecule has 0 rings (SSSR count). The van der Waals surface area contributed by atoms with Crippen LogP contribution in [-0.4, -0.2) is 31.8 Å². The summed E-state index contributed by atoms with van der Waals surface area (Å²) in [7, 11) is 0. The van der Waals surface area contributed by atoms with Gasteiger partial charge in [0.15, 0.2) is 0 Å². The van der Waals surface area contributed by atoms with Crippen molar-refractivity contribution in [3.05, 3.63) is 24.7 Å². The van der Waals surface area contributed by atoms with Crippen molar-refractivity contribution < 1.29 is 15.7 Å². The molecule has 0 aliphatic rings. The molecule has 0 aliphatic carbocycles. The number of carbonyl (C=O) groups is 2. The first-order chi connectivity index (χ1) is 9.24. The molecule has 4 nitrogen and oxygen atoms in total. The van der Waals surface area contributed by atoms with Crippen LogP contribution in [-0.2, 0) is 15.7 Å². The van der Waals surface area contributed by atoms with Crippen molar-refractivity contribution in [3.8, 4) is 0 Å². The Hall–Kier alpha value is -0.781. The van der Waals surface area contributed by atoms with Crippen LogP contribution in [0, 0.1) is 0 Å². The van der Waals surface area contributed by atoms with Crippen LogP contribution in [0.5, 0.6) is 0 Å². The van der Waals surface area contributed by atoms with Gasteiger partial charge in [0.25, 0.3) is 0 Å². The molecule has 0 amide bonds. The van der Waals surface area contributed by atoms with Crippen molar-refractivity contribution in [2.75, 3.05) is 0 Å². The van der Waals surface area contributed by atoms with Crippen LogP contribution in [0.2, 0.25) is 8.87 Å². The first kappa shape index (κ1) is 18.2. The summed E-state index contributed by atoms with van der Waals surface area (Å²) in [5, 5.41) is 0. The van der Waals surface area contributed by atoms with Crippen molar-refractivity contribution in [3.63, 3.8) is 0 Å². The zero-order valence-electron chi connectivity index (χ0n) is 11.8. The number of hydrogen-bond acceptors (Lipinski definition) is 4. The van der Waals surface area contributed by atoms with Gasteiger partial charge in [-0.05, 0) is 0 Å². The molecular formula is C14H24O4Sn. The average Bonchev–Trinajstić information content (AvgIpc) is 2.43. The van der Waals surface area contributed by atoms with E-state index in [1.165, 1.54) is 24.7 Å². The second kappa shape index (κ2) is 12.3. The fourth-order valence-corrected chi connectivity index (χ4v) is 10.8. The molecule has 0 saturated heterocycles. The van der Waals surface area contributed by atoms with E-state index in [0.29, 0.717) is 12.6 Å². The third-order valence-corrected chi connectivity index (χ3v) is 12.3. The van der Waals surface area contributed by atoms with Gasteiger partial charge in [0.1, 0.15) is 0 Å². The molecule has 108 valence electrons. The molecule has 0 fully saturated rings. The Bertz CT molecular complexity index is 270.